The van der Waals surface area contributed by atoms with Gasteiger partial charge in [0.05, 0.1) is 6.04 Å². The second-order valence-electron chi connectivity index (χ2n) is 7.44. The Labute approximate surface area is 182 Å². The van der Waals surface area contributed by atoms with Crippen LogP contribution in [0.4, 0.5) is 0 Å². The lowest BCUT2D eigenvalue weighted by molar-refractivity contribution is -0.139. The van der Waals surface area contributed by atoms with Gasteiger partial charge in [0.1, 0.15) is 18.6 Å². The summed E-state index contributed by atoms with van der Waals surface area (Å²) in [7, 11) is 0. The Kier molecular flexibility index (Phi) is 13.8. The van der Waals surface area contributed by atoms with Crippen molar-refractivity contribution >= 4 is 29.6 Å². The molecule has 0 aromatic heterocycles. The van der Waals surface area contributed by atoms with Crippen molar-refractivity contribution in [2.75, 3.05) is 13.1 Å². The lowest BCUT2D eigenvalue weighted by atomic mass is 9.96. The standard InChI is InChI=1S/C19H36N6O6/c1-3-11(2)16(25-17(29)12(21)6-4-5-9-20)19(31)24-13(7-8-14(22)26)18(30)23-10-15(27)28/h11-13,16H,3-10,20-21H2,1-2H3,(H2,22,26)(H,23,30)(H,24,31)(H,25,29)(H,27,28). The molecular weight excluding hydrogens is 408 g/mol. The molecule has 0 bridgehead atoms. The van der Waals surface area contributed by atoms with Crippen LogP contribution in [0, 0.1) is 5.92 Å². The first-order valence-electron chi connectivity index (χ1n) is 10.4. The van der Waals surface area contributed by atoms with Gasteiger partial charge in [-0.1, -0.05) is 26.7 Å². The van der Waals surface area contributed by atoms with Crippen LogP contribution in [0.15, 0.2) is 0 Å². The van der Waals surface area contributed by atoms with Gasteiger partial charge in [0, 0.05) is 6.42 Å². The number of amides is 4. The fraction of sp³-hybridized carbons (Fsp3) is 0.737. The lowest BCUT2D eigenvalue weighted by Crippen LogP contribution is -2.58. The van der Waals surface area contributed by atoms with Crippen LogP contribution in [0.1, 0.15) is 52.4 Å². The SMILES string of the molecule is CCC(C)C(NC(=O)C(N)CCCCN)C(=O)NC(CCC(N)=O)C(=O)NCC(=O)O. The quantitative estimate of drug-likeness (QED) is 0.131. The molecule has 178 valence electrons. The Morgan fingerprint density at radius 1 is 0.968 bits per heavy atom. The number of carbonyl (C=O) groups excluding carboxylic acids is 4. The third-order valence-electron chi connectivity index (χ3n) is 4.83. The van der Waals surface area contributed by atoms with Gasteiger partial charge >= 0.3 is 5.97 Å². The first kappa shape index (κ1) is 28.3. The lowest BCUT2D eigenvalue weighted by Gasteiger charge is -2.27. The zero-order chi connectivity index (χ0) is 24.0. The summed E-state index contributed by atoms with van der Waals surface area (Å²) in [5.74, 6) is -4.13. The molecule has 0 aliphatic heterocycles. The van der Waals surface area contributed by atoms with Crippen LogP contribution in [0.25, 0.3) is 0 Å². The molecule has 0 heterocycles. The number of aliphatic carboxylic acids is 1. The zero-order valence-corrected chi connectivity index (χ0v) is 18.2. The molecule has 0 aromatic carbocycles. The summed E-state index contributed by atoms with van der Waals surface area (Å²) >= 11 is 0. The maximum atomic E-state index is 12.9. The van der Waals surface area contributed by atoms with Gasteiger partial charge in [0.15, 0.2) is 0 Å². The van der Waals surface area contributed by atoms with Gasteiger partial charge in [-0.15, -0.1) is 0 Å². The fourth-order valence-electron chi connectivity index (χ4n) is 2.70. The predicted octanol–water partition coefficient (Wildman–Crippen LogP) is -2.08. The predicted molar refractivity (Wildman–Crippen MR) is 113 cm³/mol. The number of hydrogen-bond donors (Lipinski definition) is 7. The van der Waals surface area contributed by atoms with E-state index in [0.29, 0.717) is 25.8 Å². The van der Waals surface area contributed by atoms with Gasteiger partial charge in [0.25, 0.3) is 0 Å². The minimum absolute atomic E-state index is 0.119. The van der Waals surface area contributed by atoms with E-state index >= 15 is 0 Å². The topological polar surface area (TPSA) is 220 Å². The molecule has 0 aliphatic rings. The molecule has 0 rings (SSSR count). The van der Waals surface area contributed by atoms with Crippen molar-refractivity contribution < 1.29 is 29.1 Å². The molecule has 4 amide bonds. The number of carboxylic acids is 1. The molecule has 0 aromatic rings. The van der Waals surface area contributed by atoms with Gasteiger partial charge in [-0.05, 0) is 31.7 Å². The highest BCUT2D eigenvalue weighted by Crippen LogP contribution is 2.10. The Morgan fingerprint density at radius 3 is 2.13 bits per heavy atom. The molecular formula is C19H36N6O6. The van der Waals surface area contributed by atoms with E-state index in [2.05, 4.69) is 16.0 Å². The molecule has 12 heteroatoms. The normalized spacial score (nSPS) is 14.6. The Balaban J connectivity index is 5.26. The summed E-state index contributed by atoms with van der Waals surface area (Å²) in [5, 5.41) is 16.0. The minimum atomic E-state index is -1.26. The van der Waals surface area contributed by atoms with Crippen molar-refractivity contribution in [2.24, 2.45) is 23.1 Å². The average molecular weight is 445 g/mol. The largest absolute Gasteiger partial charge is 0.480 e. The Bertz CT molecular complexity index is 629. The Morgan fingerprint density at radius 2 is 1.61 bits per heavy atom. The van der Waals surface area contributed by atoms with Crippen LogP contribution in [0.5, 0.6) is 0 Å². The van der Waals surface area contributed by atoms with Gasteiger partial charge in [-0.25, -0.2) is 0 Å². The molecule has 0 spiro atoms. The van der Waals surface area contributed by atoms with Crippen LogP contribution >= 0.6 is 0 Å². The number of carbonyl (C=O) groups is 5. The van der Waals surface area contributed by atoms with E-state index in [-0.39, 0.29) is 18.8 Å². The highest BCUT2D eigenvalue weighted by molar-refractivity contribution is 5.94. The third kappa shape index (κ3) is 11.9. The van der Waals surface area contributed by atoms with E-state index in [1.54, 1.807) is 6.92 Å². The summed E-state index contributed by atoms with van der Waals surface area (Å²) in [6.45, 7) is 3.43. The monoisotopic (exact) mass is 444 g/mol. The number of nitrogens with two attached hydrogens (primary N) is 3. The highest BCUT2D eigenvalue weighted by Gasteiger charge is 2.31. The molecule has 4 unspecified atom stereocenters. The van der Waals surface area contributed by atoms with Crippen molar-refractivity contribution in [3.8, 4) is 0 Å². The van der Waals surface area contributed by atoms with Gasteiger partial charge in [0.2, 0.25) is 23.6 Å². The summed E-state index contributed by atoms with van der Waals surface area (Å²) in [6, 6.07) is -2.97. The van der Waals surface area contributed by atoms with E-state index in [1.807, 2.05) is 6.92 Å². The number of rotatable bonds is 16. The van der Waals surface area contributed by atoms with E-state index in [1.165, 1.54) is 0 Å². The molecule has 12 nitrogen and oxygen atoms in total. The molecule has 0 radical (unpaired) electrons. The fourth-order valence-corrected chi connectivity index (χ4v) is 2.70. The van der Waals surface area contributed by atoms with Crippen LogP contribution in [-0.4, -0.2) is 65.9 Å². The van der Waals surface area contributed by atoms with Gasteiger partial charge < -0.3 is 38.3 Å². The first-order chi connectivity index (χ1) is 14.5. The molecule has 4 atom stereocenters. The van der Waals surface area contributed by atoms with Crippen molar-refractivity contribution in [3.63, 3.8) is 0 Å². The smallest absolute Gasteiger partial charge is 0.322 e. The first-order valence-corrected chi connectivity index (χ1v) is 10.4. The molecule has 0 fully saturated rings. The maximum Gasteiger partial charge on any atom is 0.322 e. The average Bonchev–Trinajstić information content (AvgIpc) is 2.71. The van der Waals surface area contributed by atoms with E-state index in [9.17, 15) is 24.0 Å². The van der Waals surface area contributed by atoms with Crippen molar-refractivity contribution in [3.05, 3.63) is 0 Å². The highest BCUT2D eigenvalue weighted by atomic mass is 16.4. The summed E-state index contributed by atoms with van der Waals surface area (Å²) in [6.07, 6.45) is 2.05. The van der Waals surface area contributed by atoms with E-state index < -0.39 is 54.3 Å². The molecule has 0 aliphatic carbocycles. The van der Waals surface area contributed by atoms with Crippen LogP contribution < -0.4 is 33.2 Å². The van der Waals surface area contributed by atoms with Crippen LogP contribution in [0.2, 0.25) is 0 Å². The summed E-state index contributed by atoms with van der Waals surface area (Å²) in [5.41, 5.74) is 16.4. The van der Waals surface area contributed by atoms with Crippen LogP contribution in [-0.2, 0) is 24.0 Å². The number of primary amides is 1. The van der Waals surface area contributed by atoms with Crippen molar-refractivity contribution in [2.45, 2.75) is 70.5 Å². The molecule has 10 N–H and O–H groups in total. The van der Waals surface area contributed by atoms with Crippen LogP contribution in [0.3, 0.4) is 0 Å². The third-order valence-corrected chi connectivity index (χ3v) is 4.83. The second kappa shape index (κ2) is 15.1. The number of carboxylic acid groups (broad SMARTS) is 1. The van der Waals surface area contributed by atoms with Crippen molar-refractivity contribution in [1.82, 2.24) is 16.0 Å². The maximum absolute atomic E-state index is 12.9. The minimum Gasteiger partial charge on any atom is -0.480 e. The molecule has 0 saturated carbocycles. The number of hydrogen-bond acceptors (Lipinski definition) is 7. The van der Waals surface area contributed by atoms with E-state index in [4.69, 9.17) is 22.3 Å². The zero-order valence-electron chi connectivity index (χ0n) is 18.2. The van der Waals surface area contributed by atoms with Crippen molar-refractivity contribution in [1.29, 1.82) is 0 Å². The number of nitrogens with one attached hydrogen (secondary N) is 3. The number of unbranched alkanes of at least 4 members (excludes halogenated alkanes) is 1. The second-order valence-corrected chi connectivity index (χ2v) is 7.44. The molecule has 31 heavy (non-hydrogen) atoms. The Hall–Kier alpha value is -2.73. The van der Waals surface area contributed by atoms with Gasteiger partial charge in [-0.2, -0.15) is 0 Å². The molecule has 0 saturated heterocycles. The van der Waals surface area contributed by atoms with Gasteiger partial charge in [-0.3, -0.25) is 24.0 Å². The summed E-state index contributed by atoms with van der Waals surface area (Å²) in [4.78, 5) is 59.4. The summed E-state index contributed by atoms with van der Waals surface area (Å²) < 4.78 is 0. The van der Waals surface area contributed by atoms with E-state index in [0.717, 1.165) is 6.42 Å².